The number of hydrogen-bond donors (Lipinski definition) is 0. The van der Waals surface area contributed by atoms with Gasteiger partial charge in [-0.3, -0.25) is 0 Å². The highest BCUT2D eigenvalue weighted by molar-refractivity contribution is 5.51. The molecule has 0 saturated carbocycles. The average Bonchev–Trinajstić information content (AvgIpc) is 3.01. The Kier molecular flexibility index (Phi) is 4.15. The first-order valence-electron chi connectivity index (χ1n) is 6.92. The molecule has 4 heteroatoms. The molecule has 3 rings (SSSR count). The van der Waals surface area contributed by atoms with Crippen molar-refractivity contribution in [2.24, 2.45) is 4.99 Å². The fourth-order valence-corrected chi connectivity index (χ4v) is 2.35. The number of benzene rings is 2. The minimum absolute atomic E-state index is 0.0683. The van der Waals surface area contributed by atoms with Crippen molar-refractivity contribution in [3.63, 3.8) is 0 Å². The SMILES string of the molecule is Fc1ccc(N(Cc2ccccc2)CC2CO[C]=N2)cc1. The Balaban J connectivity index is 1.79. The van der Waals surface area contributed by atoms with E-state index in [0.717, 1.165) is 12.2 Å². The summed E-state index contributed by atoms with van der Waals surface area (Å²) in [6, 6.07) is 16.8. The average molecular weight is 283 g/mol. The third kappa shape index (κ3) is 3.60. The number of aliphatic imine (C=N–C) groups is 1. The molecule has 0 saturated heterocycles. The summed E-state index contributed by atoms with van der Waals surface area (Å²) < 4.78 is 18.2. The van der Waals surface area contributed by atoms with E-state index in [1.807, 2.05) is 18.2 Å². The third-order valence-electron chi connectivity index (χ3n) is 3.41. The number of anilines is 1. The van der Waals surface area contributed by atoms with Crippen molar-refractivity contribution in [2.45, 2.75) is 12.6 Å². The fourth-order valence-electron chi connectivity index (χ4n) is 2.35. The summed E-state index contributed by atoms with van der Waals surface area (Å²) in [7, 11) is 0. The van der Waals surface area contributed by atoms with Crippen molar-refractivity contribution in [3.8, 4) is 0 Å². The Morgan fingerprint density at radius 3 is 2.57 bits per heavy atom. The molecule has 0 aromatic heterocycles. The molecule has 1 atom stereocenters. The molecule has 107 valence electrons. The van der Waals surface area contributed by atoms with Crippen molar-refractivity contribution in [1.29, 1.82) is 0 Å². The molecular formula is C17H16FN2O. The summed E-state index contributed by atoms with van der Waals surface area (Å²) in [5.41, 5.74) is 2.18. The molecular weight excluding hydrogens is 267 g/mol. The van der Waals surface area contributed by atoms with E-state index in [1.165, 1.54) is 17.7 Å². The fraction of sp³-hybridized carbons (Fsp3) is 0.235. The summed E-state index contributed by atoms with van der Waals surface area (Å²) >= 11 is 0. The van der Waals surface area contributed by atoms with Gasteiger partial charge in [-0.2, -0.15) is 0 Å². The van der Waals surface area contributed by atoms with Crippen LogP contribution >= 0.6 is 0 Å². The van der Waals surface area contributed by atoms with Gasteiger partial charge in [0, 0.05) is 18.8 Å². The monoisotopic (exact) mass is 283 g/mol. The van der Waals surface area contributed by atoms with Gasteiger partial charge < -0.3 is 9.64 Å². The molecule has 0 amide bonds. The summed E-state index contributed by atoms with van der Waals surface area (Å²) in [6.07, 6.45) is 2.54. The Labute approximate surface area is 123 Å². The van der Waals surface area contributed by atoms with E-state index in [9.17, 15) is 4.39 Å². The van der Waals surface area contributed by atoms with Crippen LogP contribution in [0.15, 0.2) is 59.6 Å². The molecule has 1 heterocycles. The minimum Gasteiger partial charge on any atom is -0.472 e. The van der Waals surface area contributed by atoms with Gasteiger partial charge >= 0.3 is 0 Å². The lowest BCUT2D eigenvalue weighted by molar-refractivity contribution is 0.327. The van der Waals surface area contributed by atoms with Gasteiger partial charge in [-0.1, -0.05) is 30.3 Å². The standard InChI is InChI=1S/C17H16FN2O/c18-15-6-8-17(9-7-15)20(11-16-12-21-13-19-16)10-14-4-2-1-3-5-14/h1-9,16H,10-12H2. The lowest BCUT2D eigenvalue weighted by atomic mass is 10.1. The van der Waals surface area contributed by atoms with Gasteiger partial charge in [0.1, 0.15) is 18.5 Å². The van der Waals surface area contributed by atoms with Crippen LogP contribution in [0.2, 0.25) is 0 Å². The van der Waals surface area contributed by atoms with Gasteiger partial charge in [-0.25, -0.2) is 9.38 Å². The van der Waals surface area contributed by atoms with E-state index in [0.29, 0.717) is 13.2 Å². The summed E-state index contributed by atoms with van der Waals surface area (Å²) in [5, 5.41) is 0. The first-order chi connectivity index (χ1) is 10.3. The van der Waals surface area contributed by atoms with Gasteiger partial charge in [0.15, 0.2) is 0 Å². The van der Waals surface area contributed by atoms with Gasteiger partial charge in [-0.05, 0) is 29.8 Å². The third-order valence-corrected chi connectivity index (χ3v) is 3.41. The molecule has 2 aromatic rings. The van der Waals surface area contributed by atoms with Crippen LogP contribution in [-0.4, -0.2) is 25.6 Å². The molecule has 0 bridgehead atoms. The maximum Gasteiger partial charge on any atom is 0.273 e. The van der Waals surface area contributed by atoms with E-state index < -0.39 is 0 Å². The second-order valence-corrected chi connectivity index (χ2v) is 5.03. The largest absolute Gasteiger partial charge is 0.472 e. The number of ether oxygens (including phenoxy) is 1. The van der Waals surface area contributed by atoms with E-state index in [-0.39, 0.29) is 11.9 Å². The highest BCUT2D eigenvalue weighted by Gasteiger charge is 2.18. The molecule has 0 fully saturated rings. The molecule has 0 spiro atoms. The zero-order valence-corrected chi connectivity index (χ0v) is 11.6. The molecule has 21 heavy (non-hydrogen) atoms. The minimum atomic E-state index is -0.228. The van der Waals surface area contributed by atoms with Crippen LogP contribution in [0.1, 0.15) is 5.56 Å². The smallest absolute Gasteiger partial charge is 0.273 e. The second-order valence-electron chi connectivity index (χ2n) is 5.03. The topological polar surface area (TPSA) is 24.8 Å². The van der Waals surface area contributed by atoms with E-state index in [2.05, 4.69) is 28.4 Å². The van der Waals surface area contributed by atoms with Crippen molar-refractivity contribution in [1.82, 2.24) is 0 Å². The molecule has 1 aliphatic heterocycles. The van der Waals surface area contributed by atoms with Crippen LogP contribution < -0.4 is 4.90 Å². The maximum atomic E-state index is 13.1. The molecule has 1 aliphatic rings. The highest BCUT2D eigenvalue weighted by Crippen LogP contribution is 2.19. The first-order valence-corrected chi connectivity index (χ1v) is 6.92. The number of nitrogens with zero attached hydrogens (tertiary/aromatic N) is 2. The van der Waals surface area contributed by atoms with Crippen molar-refractivity contribution in [3.05, 3.63) is 66.0 Å². The molecule has 1 unspecified atom stereocenters. The van der Waals surface area contributed by atoms with Gasteiger partial charge in [-0.15, -0.1) is 0 Å². The molecule has 2 aromatic carbocycles. The van der Waals surface area contributed by atoms with E-state index >= 15 is 0 Å². The lowest BCUT2D eigenvalue weighted by Gasteiger charge is -2.26. The van der Waals surface area contributed by atoms with Gasteiger partial charge in [0.05, 0.1) is 0 Å². The molecule has 1 radical (unpaired) electrons. The van der Waals surface area contributed by atoms with Crippen LogP contribution in [-0.2, 0) is 11.3 Å². The second kappa shape index (κ2) is 6.39. The highest BCUT2D eigenvalue weighted by atomic mass is 19.1. The summed E-state index contributed by atoms with van der Waals surface area (Å²) in [5.74, 6) is -0.228. The number of halogens is 1. The molecule has 3 nitrogen and oxygen atoms in total. The van der Waals surface area contributed by atoms with Crippen LogP contribution in [0.25, 0.3) is 0 Å². The van der Waals surface area contributed by atoms with Gasteiger partial charge in [0.2, 0.25) is 0 Å². The Morgan fingerprint density at radius 1 is 1.14 bits per heavy atom. The van der Waals surface area contributed by atoms with Gasteiger partial charge in [0.25, 0.3) is 6.40 Å². The lowest BCUT2D eigenvalue weighted by Crippen LogP contribution is -2.32. The quantitative estimate of drug-likeness (QED) is 0.842. The predicted molar refractivity (Wildman–Crippen MR) is 81.1 cm³/mol. The number of rotatable bonds is 5. The van der Waals surface area contributed by atoms with Crippen LogP contribution in [0.3, 0.4) is 0 Å². The molecule has 0 aliphatic carbocycles. The summed E-state index contributed by atoms with van der Waals surface area (Å²) in [6.45, 7) is 2.01. The first kappa shape index (κ1) is 13.6. The van der Waals surface area contributed by atoms with E-state index in [4.69, 9.17) is 4.74 Å². The predicted octanol–water partition coefficient (Wildman–Crippen LogP) is 3.14. The van der Waals surface area contributed by atoms with Crippen molar-refractivity contribution in [2.75, 3.05) is 18.1 Å². The zero-order chi connectivity index (χ0) is 14.5. The normalized spacial score (nSPS) is 16.7. The van der Waals surface area contributed by atoms with Crippen LogP contribution in [0.5, 0.6) is 0 Å². The Bertz CT molecular complexity index is 598. The number of hydrogen-bond acceptors (Lipinski definition) is 3. The Morgan fingerprint density at radius 2 is 1.90 bits per heavy atom. The van der Waals surface area contributed by atoms with E-state index in [1.54, 1.807) is 12.1 Å². The Hall–Kier alpha value is -2.36. The van der Waals surface area contributed by atoms with Crippen LogP contribution in [0, 0.1) is 5.82 Å². The van der Waals surface area contributed by atoms with Crippen LogP contribution in [0.4, 0.5) is 10.1 Å². The maximum absolute atomic E-state index is 13.1. The van der Waals surface area contributed by atoms with Crippen molar-refractivity contribution < 1.29 is 9.13 Å². The summed E-state index contributed by atoms with van der Waals surface area (Å²) in [4.78, 5) is 6.35. The molecule has 0 N–H and O–H groups in total. The van der Waals surface area contributed by atoms with Crippen molar-refractivity contribution >= 4 is 12.1 Å². The zero-order valence-electron chi connectivity index (χ0n) is 11.6.